The molecule has 18 heavy (non-hydrogen) atoms. The Morgan fingerprint density at radius 2 is 2.06 bits per heavy atom. The van der Waals surface area contributed by atoms with Crippen LogP contribution in [0.1, 0.15) is 25.8 Å². The van der Waals surface area contributed by atoms with Crippen LogP contribution in [0.4, 0.5) is 0 Å². The molecule has 2 rings (SSSR count). The van der Waals surface area contributed by atoms with Crippen molar-refractivity contribution in [3.63, 3.8) is 0 Å². The Bertz CT molecular complexity index is 377. The topological polar surface area (TPSA) is 24.5 Å². The molecule has 1 aliphatic rings. The summed E-state index contributed by atoms with van der Waals surface area (Å²) in [6.07, 6.45) is 1.21. The van der Waals surface area contributed by atoms with Crippen molar-refractivity contribution in [1.82, 2.24) is 10.2 Å². The molecule has 1 heterocycles. The van der Waals surface area contributed by atoms with Crippen LogP contribution in [0.25, 0.3) is 0 Å². The summed E-state index contributed by atoms with van der Waals surface area (Å²) in [5, 5.41) is 3.67. The molecule has 1 aliphatic heterocycles. The van der Waals surface area contributed by atoms with Gasteiger partial charge < -0.3 is 15.0 Å². The van der Waals surface area contributed by atoms with E-state index in [2.05, 4.69) is 48.5 Å². The van der Waals surface area contributed by atoms with Gasteiger partial charge in [-0.05, 0) is 58.1 Å². The smallest absolute Gasteiger partial charge is 0.119 e. The van der Waals surface area contributed by atoms with Gasteiger partial charge in [-0.2, -0.15) is 0 Å². The van der Waals surface area contributed by atoms with E-state index in [0.717, 1.165) is 25.4 Å². The van der Waals surface area contributed by atoms with Crippen molar-refractivity contribution in [1.29, 1.82) is 0 Å². The van der Waals surface area contributed by atoms with Crippen LogP contribution in [0.5, 0.6) is 5.75 Å². The third kappa shape index (κ3) is 3.03. The zero-order chi connectivity index (χ0) is 13.0. The minimum atomic E-state index is 0.0377. The molecule has 1 unspecified atom stereocenters. The lowest BCUT2D eigenvalue weighted by Gasteiger charge is -2.32. The highest BCUT2D eigenvalue weighted by molar-refractivity contribution is 5.32. The van der Waals surface area contributed by atoms with E-state index in [4.69, 9.17) is 4.74 Å². The maximum atomic E-state index is 5.50. The van der Waals surface area contributed by atoms with E-state index in [0.29, 0.717) is 0 Å². The Morgan fingerprint density at radius 3 is 2.72 bits per heavy atom. The average molecular weight is 248 g/mol. The first-order chi connectivity index (χ1) is 8.64. The maximum absolute atomic E-state index is 5.50. The molecule has 1 aromatic carbocycles. The van der Waals surface area contributed by atoms with E-state index >= 15 is 0 Å². The molecule has 3 heteroatoms. The number of nitrogens with zero attached hydrogens (tertiary/aromatic N) is 1. The molecule has 1 N–H and O–H groups in total. The predicted molar refractivity (Wildman–Crippen MR) is 75.1 cm³/mol. The summed E-state index contributed by atoms with van der Waals surface area (Å²) < 4.78 is 5.50. The van der Waals surface area contributed by atoms with Crippen molar-refractivity contribution in [3.8, 4) is 5.75 Å². The Hall–Kier alpha value is -1.06. The SMILES string of the molecule is CCOc1ccc(C2(C)CN(C)CCCN2)cc1. The first-order valence-electron chi connectivity index (χ1n) is 6.81. The summed E-state index contributed by atoms with van der Waals surface area (Å²) in [5.41, 5.74) is 1.37. The molecule has 1 saturated heterocycles. The second-order valence-corrected chi connectivity index (χ2v) is 5.31. The van der Waals surface area contributed by atoms with Crippen LogP contribution in [0.3, 0.4) is 0 Å². The molecular formula is C15H24N2O. The van der Waals surface area contributed by atoms with Gasteiger partial charge in [0.1, 0.15) is 5.75 Å². The lowest BCUT2D eigenvalue weighted by atomic mass is 9.91. The van der Waals surface area contributed by atoms with Crippen LogP contribution in [-0.4, -0.2) is 38.2 Å². The molecule has 0 bridgehead atoms. The normalized spacial score (nSPS) is 25.7. The van der Waals surface area contributed by atoms with Gasteiger partial charge in [0, 0.05) is 6.54 Å². The van der Waals surface area contributed by atoms with E-state index < -0.39 is 0 Å². The molecule has 0 aromatic heterocycles. The van der Waals surface area contributed by atoms with Gasteiger partial charge >= 0.3 is 0 Å². The fraction of sp³-hybridized carbons (Fsp3) is 0.600. The number of likely N-dealkylation sites (N-methyl/N-ethyl adjacent to an activating group) is 1. The summed E-state index contributed by atoms with van der Waals surface area (Å²) in [4.78, 5) is 2.40. The van der Waals surface area contributed by atoms with E-state index in [1.165, 1.54) is 18.5 Å². The minimum absolute atomic E-state index is 0.0377. The summed E-state index contributed by atoms with van der Waals surface area (Å²) in [5.74, 6) is 0.951. The Labute approximate surface area is 110 Å². The molecule has 0 spiro atoms. The fourth-order valence-electron chi connectivity index (χ4n) is 2.67. The fourth-order valence-corrected chi connectivity index (χ4v) is 2.67. The van der Waals surface area contributed by atoms with Crippen LogP contribution in [0.2, 0.25) is 0 Å². The maximum Gasteiger partial charge on any atom is 0.119 e. The van der Waals surface area contributed by atoms with Gasteiger partial charge in [-0.25, -0.2) is 0 Å². The number of nitrogens with one attached hydrogen (secondary N) is 1. The van der Waals surface area contributed by atoms with E-state index in [9.17, 15) is 0 Å². The lowest BCUT2D eigenvalue weighted by Crippen LogP contribution is -2.45. The average Bonchev–Trinajstić information content (AvgIpc) is 2.52. The predicted octanol–water partition coefficient (Wildman–Crippen LogP) is 2.23. The zero-order valence-corrected chi connectivity index (χ0v) is 11.7. The van der Waals surface area contributed by atoms with Crippen molar-refractivity contribution < 1.29 is 4.74 Å². The van der Waals surface area contributed by atoms with Crippen LogP contribution in [-0.2, 0) is 5.54 Å². The summed E-state index contributed by atoms with van der Waals surface area (Å²) >= 11 is 0. The van der Waals surface area contributed by atoms with Gasteiger partial charge in [0.25, 0.3) is 0 Å². The largest absolute Gasteiger partial charge is 0.494 e. The van der Waals surface area contributed by atoms with Gasteiger partial charge in [0.2, 0.25) is 0 Å². The summed E-state index contributed by atoms with van der Waals surface area (Å²) in [7, 11) is 2.19. The van der Waals surface area contributed by atoms with Gasteiger partial charge in [0.15, 0.2) is 0 Å². The summed E-state index contributed by atoms with van der Waals surface area (Å²) in [6.45, 7) is 8.30. The van der Waals surface area contributed by atoms with Crippen LogP contribution in [0, 0.1) is 0 Å². The monoisotopic (exact) mass is 248 g/mol. The minimum Gasteiger partial charge on any atom is -0.494 e. The highest BCUT2D eigenvalue weighted by atomic mass is 16.5. The van der Waals surface area contributed by atoms with Gasteiger partial charge in [-0.3, -0.25) is 0 Å². The second-order valence-electron chi connectivity index (χ2n) is 5.31. The number of benzene rings is 1. The zero-order valence-electron chi connectivity index (χ0n) is 11.7. The van der Waals surface area contributed by atoms with E-state index in [1.54, 1.807) is 0 Å². The van der Waals surface area contributed by atoms with E-state index in [-0.39, 0.29) is 5.54 Å². The van der Waals surface area contributed by atoms with Crippen molar-refractivity contribution in [3.05, 3.63) is 29.8 Å². The first-order valence-corrected chi connectivity index (χ1v) is 6.81. The lowest BCUT2D eigenvalue weighted by molar-refractivity contribution is 0.259. The van der Waals surface area contributed by atoms with Crippen molar-refractivity contribution in [2.24, 2.45) is 0 Å². The summed E-state index contributed by atoms with van der Waals surface area (Å²) in [6, 6.07) is 8.49. The number of ether oxygens (including phenoxy) is 1. The Balaban J connectivity index is 2.17. The molecule has 0 amide bonds. The molecule has 100 valence electrons. The highest BCUT2D eigenvalue weighted by Crippen LogP contribution is 2.25. The third-order valence-electron chi connectivity index (χ3n) is 3.62. The Morgan fingerprint density at radius 1 is 1.33 bits per heavy atom. The molecule has 1 atom stereocenters. The van der Waals surface area contributed by atoms with Crippen LogP contribution >= 0.6 is 0 Å². The molecule has 0 aliphatic carbocycles. The molecular weight excluding hydrogens is 224 g/mol. The molecule has 0 radical (unpaired) electrons. The van der Waals surface area contributed by atoms with Crippen molar-refractivity contribution in [2.75, 3.05) is 33.3 Å². The molecule has 0 saturated carbocycles. The quantitative estimate of drug-likeness (QED) is 0.887. The van der Waals surface area contributed by atoms with Gasteiger partial charge in [-0.15, -0.1) is 0 Å². The van der Waals surface area contributed by atoms with Crippen molar-refractivity contribution >= 4 is 0 Å². The van der Waals surface area contributed by atoms with Crippen LogP contribution in [0.15, 0.2) is 24.3 Å². The molecule has 1 aromatic rings. The highest BCUT2D eigenvalue weighted by Gasteiger charge is 2.29. The van der Waals surface area contributed by atoms with Crippen molar-refractivity contribution in [2.45, 2.75) is 25.8 Å². The number of hydrogen-bond acceptors (Lipinski definition) is 3. The van der Waals surface area contributed by atoms with Gasteiger partial charge in [0.05, 0.1) is 12.1 Å². The number of hydrogen-bond donors (Lipinski definition) is 1. The van der Waals surface area contributed by atoms with Crippen LogP contribution < -0.4 is 10.1 Å². The standard InChI is InChI=1S/C15H24N2O/c1-4-18-14-8-6-13(7-9-14)15(2)12-17(3)11-5-10-16-15/h6-9,16H,4-5,10-12H2,1-3H3. The van der Waals surface area contributed by atoms with Gasteiger partial charge in [-0.1, -0.05) is 12.1 Å². The second kappa shape index (κ2) is 5.72. The first kappa shape index (κ1) is 13.4. The van der Waals surface area contributed by atoms with E-state index in [1.807, 2.05) is 6.92 Å². The molecule has 1 fully saturated rings. The Kier molecular flexibility index (Phi) is 4.25. The number of rotatable bonds is 3. The third-order valence-corrected chi connectivity index (χ3v) is 3.62. The molecule has 3 nitrogen and oxygen atoms in total.